The summed E-state index contributed by atoms with van der Waals surface area (Å²) in [6.45, 7) is 6.03. The van der Waals surface area contributed by atoms with Crippen LogP contribution in [0.15, 0.2) is 24.3 Å². The van der Waals surface area contributed by atoms with Crippen LogP contribution >= 0.6 is 11.6 Å². The highest BCUT2D eigenvalue weighted by molar-refractivity contribution is 6.21. The maximum atomic E-state index is 6.39. The third-order valence-electron chi connectivity index (χ3n) is 3.41. The van der Waals surface area contributed by atoms with Gasteiger partial charge in [-0.2, -0.15) is 0 Å². The molecule has 0 amide bonds. The zero-order valence-electron chi connectivity index (χ0n) is 11.6. The second kappa shape index (κ2) is 8.39. The summed E-state index contributed by atoms with van der Waals surface area (Å²) < 4.78 is 5.32. The second-order valence-electron chi connectivity index (χ2n) is 4.54. The molecule has 1 N–H and O–H groups in total. The van der Waals surface area contributed by atoms with Gasteiger partial charge in [-0.3, -0.25) is 0 Å². The van der Waals surface area contributed by atoms with Gasteiger partial charge >= 0.3 is 0 Å². The fourth-order valence-electron chi connectivity index (χ4n) is 2.16. The van der Waals surface area contributed by atoms with Crippen molar-refractivity contribution in [1.82, 2.24) is 5.32 Å². The molecule has 1 aromatic carbocycles. The molecule has 0 saturated carbocycles. The van der Waals surface area contributed by atoms with E-state index in [1.165, 1.54) is 5.56 Å². The normalized spacial score (nSPS) is 12.7. The van der Waals surface area contributed by atoms with E-state index in [0.29, 0.717) is 5.92 Å². The largest absolute Gasteiger partial charge is 0.496 e. The van der Waals surface area contributed by atoms with Crippen LogP contribution in [0.25, 0.3) is 0 Å². The van der Waals surface area contributed by atoms with Crippen molar-refractivity contribution in [3.05, 3.63) is 29.8 Å². The summed E-state index contributed by atoms with van der Waals surface area (Å²) in [5.74, 6) is 1.52. The molecule has 0 aliphatic heterocycles. The molecular weight excluding hydrogens is 246 g/mol. The smallest absolute Gasteiger partial charge is 0.123 e. The third-order valence-corrected chi connectivity index (χ3v) is 3.92. The monoisotopic (exact) mass is 269 g/mol. The van der Waals surface area contributed by atoms with Gasteiger partial charge in [0.1, 0.15) is 5.75 Å². The zero-order chi connectivity index (χ0) is 13.4. The van der Waals surface area contributed by atoms with Crippen molar-refractivity contribution >= 4 is 11.6 Å². The molecule has 1 rings (SSSR count). The average Bonchev–Trinajstić information content (AvgIpc) is 2.40. The van der Waals surface area contributed by atoms with E-state index < -0.39 is 0 Å². The van der Waals surface area contributed by atoms with Crippen molar-refractivity contribution in [3.8, 4) is 5.75 Å². The maximum Gasteiger partial charge on any atom is 0.123 e. The Bertz CT molecular complexity index is 339. The topological polar surface area (TPSA) is 21.3 Å². The Labute approximate surface area is 116 Å². The van der Waals surface area contributed by atoms with E-state index in [2.05, 4.69) is 25.2 Å². The molecule has 18 heavy (non-hydrogen) atoms. The molecule has 0 aliphatic rings. The van der Waals surface area contributed by atoms with Crippen LogP contribution in [0.1, 0.15) is 32.3 Å². The van der Waals surface area contributed by atoms with Crippen LogP contribution in [0, 0.1) is 5.92 Å². The first-order valence-electron chi connectivity index (χ1n) is 6.69. The van der Waals surface area contributed by atoms with Gasteiger partial charge < -0.3 is 10.1 Å². The second-order valence-corrected chi connectivity index (χ2v) is 5.10. The van der Waals surface area contributed by atoms with Crippen LogP contribution in [0.5, 0.6) is 5.75 Å². The minimum Gasteiger partial charge on any atom is -0.496 e. The SMILES string of the molecule is CCC(CC)C(Cl)CNCc1ccccc1OC. The summed E-state index contributed by atoms with van der Waals surface area (Å²) in [6.07, 6.45) is 2.28. The summed E-state index contributed by atoms with van der Waals surface area (Å²) in [7, 11) is 1.70. The first-order chi connectivity index (χ1) is 8.72. The molecule has 0 aromatic heterocycles. The number of benzene rings is 1. The molecule has 0 fully saturated rings. The fraction of sp³-hybridized carbons (Fsp3) is 0.600. The Kier molecular flexibility index (Phi) is 7.14. The molecule has 2 nitrogen and oxygen atoms in total. The molecule has 0 bridgehead atoms. The van der Waals surface area contributed by atoms with E-state index in [1.807, 2.05) is 18.2 Å². The molecule has 0 radical (unpaired) electrons. The maximum absolute atomic E-state index is 6.39. The highest BCUT2D eigenvalue weighted by Gasteiger charge is 2.15. The average molecular weight is 270 g/mol. The van der Waals surface area contributed by atoms with E-state index >= 15 is 0 Å². The molecule has 0 saturated heterocycles. The van der Waals surface area contributed by atoms with Crippen LogP contribution in [0.2, 0.25) is 0 Å². The Hall–Kier alpha value is -0.730. The summed E-state index contributed by atoms with van der Waals surface area (Å²) >= 11 is 6.39. The van der Waals surface area contributed by atoms with Crippen molar-refractivity contribution in [2.75, 3.05) is 13.7 Å². The Morgan fingerprint density at radius 2 is 1.89 bits per heavy atom. The molecule has 0 spiro atoms. The van der Waals surface area contributed by atoms with Gasteiger partial charge in [0.05, 0.1) is 7.11 Å². The highest BCUT2D eigenvalue weighted by Crippen LogP contribution is 2.19. The number of rotatable bonds is 8. The first-order valence-corrected chi connectivity index (χ1v) is 7.13. The number of ether oxygens (including phenoxy) is 1. The summed E-state index contributed by atoms with van der Waals surface area (Å²) in [5, 5.41) is 3.62. The minimum absolute atomic E-state index is 0.203. The molecule has 102 valence electrons. The van der Waals surface area contributed by atoms with Crippen LogP contribution in [-0.2, 0) is 6.54 Å². The van der Waals surface area contributed by atoms with E-state index in [4.69, 9.17) is 16.3 Å². The number of methoxy groups -OCH3 is 1. The summed E-state index contributed by atoms with van der Waals surface area (Å²) in [6, 6.07) is 8.07. The van der Waals surface area contributed by atoms with Crippen LogP contribution < -0.4 is 10.1 Å². The van der Waals surface area contributed by atoms with Crippen LogP contribution in [0.3, 0.4) is 0 Å². The van der Waals surface area contributed by atoms with Crippen molar-refractivity contribution in [2.45, 2.75) is 38.6 Å². The molecule has 1 atom stereocenters. The fourth-order valence-corrected chi connectivity index (χ4v) is 2.63. The third kappa shape index (κ3) is 4.51. The van der Waals surface area contributed by atoms with E-state index in [0.717, 1.165) is 31.7 Å². The highest BCUT2D eigenvalue weighted by atomic mass is 35.5. The quantitative estimate of drug-likeness (QED) is 0.725. The molecule has 1 aromatic rings. The Balaban J connectivity index is 2.41. The number of nitrogens with one attached hydrogen (secondary N) is 1. The Morgan fingerprint density at radius 3 is 2.50 bits per heavy atom. The van der Waals surface area contributed by atoms with E-state index in [9.17, 15) is 0 Å². The van der Waals surface area contributed by atoms with Crippen LogP contribution in [0.4, 0.5) is 0 Å². The van der Waals surface area contributed by atoms with Gasteiger partial charge in [0, 0.05) is 24.0 Å². The van der Waals surface area contributed by atoms with Crippen molar-refractivity contribution in [2.24, 2.45) is 5.92 Å². The number of hydrogen-bond acceptors (Lipinski definition) is 2. The van der Waals surface area contributed by atoms with Gasteiger partial charge in [-0.1, -0.05) is 44.9 Å². The molecule has 3 heteroatoms. The lowest BCUT2D eigenvalue weighted by atomic mass is 9.99. The standard InChI is InChI=1S/C15H24ClNO/c1-4-12(5-2)14(16)11-17-10-13-8-6-7-9-15(13)18-3/h6-9,12,14,17H,4-5,10-11H2,1-3H3. The van der Waals surface area contributed by atoms with Crippen LogP contribution in [-0.4, -0.2) is 19.0 Å². The number of hydrogen-bond donors (Lipinski definition) is 1. The summed E-state index contributed by atoms with van der Waals surface area (Å²) in [4.78, 5) is 0. The first kappa shape index (κ1) is 15.3. The lowest BCUT2D eigenvalue weighted by Gasteiger charge is -2.19. The molecule has 1 unspecified atom stereocenters. The van der Waals surface area contributed by atoms with Gasteiger partial charge in [-0.15, -0.1) is 11.6 Å². The lowest BCUT2D eigenvalue weighted by molar-refractivity contribution is 0.405. The number of halogens is 1. The van der Waals surface area contributed by atoms with Gasteiger partial charge in [-0.25, -0.2) is 0 Å². The van der Waals surface area contributed by atoms with Crippen molar-refractivity contribution < 1.29 is 4.74 Å². The number of alkyl halides is 1. The Morgan fingerprint density at radius 1 is 1.22 bits per heavy atom. The van der Waals surface area contributed by atoms with E-state index in [1.54, 1.807) is 7.11 Å². The molecule has 0 heterocycles. The predicted molar refractivity (Wildman–Crippen MR) is 78.4 cm³/mol. The number of para-hydroxylation sites is 1. The molecular formula is C15H24ClNO. The summed E-state index contributed by atoms with van der Waals surface area (Å²) in [5.41, 5.74) is 1.17. The molecule has 0 aliphatic carbocycles. The van der Waals surface area contributed by atoms with Gasteiger partial charge in [-0.05, 0) is 12.0 Å². The van der Waals surface area contributed by atoms with Crippen molar-refractivity contribution in [3.63, 3.8) is 0 Å². The van der Waals surface area contributed by atoms with Gasteiger partial charge in [0.2, 0.25) is 0 Å². The zero-order valence-corrected chi connectivity index (χ0v) is 12.3. The van der Waals surface area contributed by atoms with Gasteiger partial charge in [0.25, 0.3) is 0 Å². The lowest BCUT2D eigenvalue weighted by Crippen LogP contribution is -2.28. The van der Waals surface area contributed by atoms with E-state index in [-0.39, 0.29) is 5.38 Å². The van der Waals surface area contributed by atoms with Gasteiger partial charge in [0.15, 0.2) is 0 Å². The predicted octanol–water partition coefficient (Wildman–Crippen LogP) is 3.83. The van der Waals surface area contributed by atoms with Crippen molar-refractivity contribution in [1.29, 1.82) is 0 Å². The minimum atomic E-state index is 0.203.